The summed E-state index contributed by atoms with van der Waals surface area (Å²) >= 11 is 0. The fraction of sp³-hybridized carbons (Fsp3) is 0.318. The highest BCUT2D eigenvalue weighted by Gasteiger charge is 2.28. The maximum absolute atomic E-state index is 11.2. The van der Waals surface area contributed by atoms with Gasteiger partial charge in [-0.2, -0.15) is 0 Å². The number of hydrogen-bond acceptors (Lipinski definition) is 2. The van der Waals surface area contributed by atoms with Gasteiger partial charge in [0.15, 0.2) is 0 Å². The molecule has 0 saturated heterocycles. The fourth-order valence-electron chi connectivity index (χ4n) is 3.80. The van der Waals surface area contributed by atoms with E-state index in [1.807, 2.05) is 6.07 Å². The smallest absolute Gasteiger partial charge is 0.216 e. The number of fused-ring (bicyclic) bond motifs is 1. The highest BCUT2D eigenvalue weighted by molar-refractivity contribution is 5.72. The van der Waals surface area contributed by atoms with Crippen LogP contribution in [-0.2, 0) is 11.2 Å². The third-order valence-corrected chi connectivity index (χ3v) is 4.95. The van der Waals surface area contributed by atoms with Gasteiger partial charge in [0.2, 0.25) is 5.91 Å². The maximum atomic E-state index is 11.2. The molecule has 2 aromatic carbocycles. The number of nitrogens with one attached hydrogen (secondary N) is 1. The molecule has 0 aromatic heterocycles. The molecule has 1 aliphatic carbocycles. The van der Waals surface area contributed by atoms with E-state index in [0.29, 0.717) is 18.4 Å². The molecule has 2 atom stereocenters. The summed E-state index contributed by atoms with van der Waals surface area (Å²) in [5.41, 5.74) is 4.12. The zero-order valence-corrected chi connectivity index (χ0v) is 14.7. The molecule has 2 aromatic rings. The molecule has 0 radical (unpaired) electrons. The summed E-state index contributed by atoms with van der Waals surface area (Å²) in [5.74, 6) is 1.78. The average molecular weight is 335 g/mol. The topological polar surface area (TPSA) is 38.3 Å². The molecule has 1 N–H and O–H groups in total. The average Bonchev–Trinajstić information content (AvgIpc) is 2.62. The molecule has 1 amide bonds. The van der Waals surface area contributed by atoms with E-state index in [-0.39, 0.29) is 5.91 Å². The van der Waals surface area contributed by atoms with Crippen LogP contribution < -0.4 is 10.1 Å². The van der Waals surface area contributed by atoms with Gasteiger partial charge in [-0.3, -0.25) is 4.79 Å². The van der Waals surface area contributed by atoms with E-state index >= 15 is 0 Å². The lowest BCUT2D eigenvalue weighted by Gasteiger charge is -2.32. The molecule has 0 spiro atoms. The van der Waals surface area contributed by atoms with E-state index in [4.69, 9.17) is 4.74 Å². The summed E-state index contributed by atoms with van der Waals surface area (Å²) in [6, 6.07) is 17.0. The minimum atomic E-state index is 0.0272. The molecule has 0 aliphatic heterocycles. The summed E-state index contributed by atoms with van der Waals surface area (Å²) in [6.45, 7) is 5.91. The Hall–Kier alpha value is -2.55. The first kappa shape index (κ1) is 17.3. The van der Waals surface area contributed by atoms with Crippen LogP contribution >= 0.6 is 0 Å². The molecular weight excluding hydrogens is 310 g/mol. The van der Waals surface area contributed by atoms with Crippen LogP contribution in [0.25, 0.3) is 0 Å². The van der Waals surface area contributed by atoms with Gasteiger partial charge in [0.1, 0.15) is 5.75 Å². The van der Waals surface area contributed by atoms with Gasteiger partial charge in [-0.25, -0.2) is 0 Å². The van der Waals surface area contributed by atoms with Crippen molar-refractivity contribution in [3.8, 4) is 5.75 Å². The number of rotatable bonds is 6. The Labute approximate surface area is 149 Å². The van der Waals surface area contributed by atoms with E-state index in [9.17, 15) is 4.79 Å². The summed E-state index contributed by atoms with van der Waals surface area (Å²) in [7, 11) is 0. The molecule has 0 saturated carbocycles. The monoisotopic (exact) mass is 335 g/mol. The Morgan fingerprint density at radius 2 is 2.08 bits per heavy atom. The molecule has 3 heteroatoms. The molecule has 3 nitrogen and oxygen atoms in total. The van der Waals surface area contributed by atoms with Gasteiger partial charge in [0.25, 0.3) is 0 Å². The van der Waals surface area contributed by atoms with Crippen molar-refractivity contribution < 1.29 is 9.53 Å². The van der Waals surface area contributed by atoms with E-state index < -0.39 is 0 Å². The van der Waals surface area contributed by atoms with Crippen molar-refractivity contribution >= 4 is 5.91 Å². The lowest BCUT2D eigenvalue weighted by molar-refractivity contribution is -0.118. The molecule has 25 heavy (non-hydrogen) atoms. The SMILES string of the molecule is C=COc1ccc2c(c1)C(CCNC(C)=O)CC(c1ccccc1)C2. The van der Waals surface area contributed by atoms with Crippen molar-refractivity contribution in [1.82, 2.24) is 5.32 Å². The van der Waals surface area contributed by atoms with Gasteiger partial charge in [-0.1, -0.05) is 43.0 Å². The molecule has 0 fully saturated rings. The van der Waals surface area contributed by atoms with Crippen LogP contribution in [0.4, 0.5) is 0 Å². The molecule has 0 heterocycles. The van der Waals surface area contributed by atoms with Gasteiger partial charge in [-0.05, 0) is 59.9 Å². The van der Waals surface area contributed by atoms with Crippen LogP contribution in [-0.4, -0.2) is 12.5 Å². The summed E-state index contributed by atoms with van der Waals surface area (Å²) in [5, 5.41) is 2.93. The predicted molar refractivity (Wildman–Crippen MR) is 101 cm³/mol. The zero-order chi connectivity index (χ0) is 17.6. The number of ether oxygens (including phenoxy) is 1. The van der Waals surface area contributed by atoms with Crippen LogP contribution in [0, 0.1) is 0 Å². The summed E-state index contributed by atoms with van der Waals surface area (Å²) < 4.78 is 5.47. The number of carbonyl (C=O) groups excluding carboxylic acids is 1. The van der Waals surface area contributed by atoms with Crippen molar-refractivity contribution in [3.63, 3.8) is 0 Å². The number of carbonyl (C=O) groups is 1. The van der Waals surface area contributed by atoms with E-state index in [2.05, 4.69) is 54.4 Å². The second-order valence-electron chi connectivity index (χ2n) is 6.66. The summed E-state index contributed by atoms with van der Waals surface area (Å²) in [6.07, 6.45) is 4.54. The largest absolute Gasteiger partial charge is 0.466 e. The Balaban J connectivity index is 1.86. The van der Waals surface area contributed by atoms with Crippen LogP contribution in [0.2, 0.25) is 0 Å². The minimum Gasteiger partial charge on any atom is -0.466 e. The predicted octanol–water partition coefficient (Wildman–Crippen LogP) is 4.55. The first-order chi connectivity index (χ1) is 12.2. The normalized spacial score (nSPS) is 18.9. The Morgan fingerprint density at radius 1 is 1.28 bits per heavy atom. The Bertz CT molecular complexity index is 739. The summed E-state index contributed by atoms with van der Waals surface area (Å²) in [4.78, 5) is 11.2. The minimum absolute atomic E-state index is 0.0272. The Kier molecular flexibility index (Phi) is 5.54. The van der Waals surface area contributed by atoms with Crippen molar-refractivity contribution in [2.24, 2.45) is 0 Å². The van der Waals surface area contributed by atoms with Crippen LogP contribution in [0.5, 0.6) is 5.75 Å². The maximum Gasteiger partial charge on any atom is 0.216 e. The number of benzene rings is 2. The van der Waals surface area contributed by atoms with E-state index in [1.165, 1.54) is 23.0 Å². The van der Waals surface area contributed by atoms with Crippen molar-refractivity contribution in [3.05, 3.63) is 78.1 Å². The van der Waals surface area contributed by atoms with Crippen molar-refractivity contribution in [2.75, 3.05) is 6.54 Å². The number of hydrogen-bond donors (Lipinski definition) is 1. The van der Waals surface area contributed by atoms with Gasteiger partial charge in [-0.15, -0.1) is 0 Å². The lowest BCUT2D eigenvalue weighted by atomic mass is 9.73. The lowest BCUT2D eigenvalue weighted by Crippen LogP contribution is -2.25. The molecule has 0 bridgehead atoms. The van der Waals surface area contributed by atoms with E-state index in [0.717, 1.165) is 25.0 Å². The first-order valence-corrected chi connectivity index (χ1v) is 8.87. The Morgan fingerprint density at radius 3 is 2.80 bits per heavy atom. The van der Waals surface area contributed by atoms with Crippen molar-refractivity contribution in [2.45, 2.75) is 38.0 Å². The quantitative estimate of drug-likeness (QED) is 0.787. The third-order valence-electron chi connectivity index (χ3n) is 4.95. The van der Waals surface area contributed by atoms with Gasteiger partial charge < -0.3 is 10.1 Å². The van der Waals surface area contributed by atoms with Gasteiger partial charge in [0, 0.05) is 13.5 Å². The van der Waals surface area contributed by atoms with Crippen LogP contribution in [0.1, 0.15) is 48.3 Å². The highest BCUT2D eigenvalue weighted by Crippen LogP contribution is 2.42. The molecule has 2 unspecified atom stereocenters. The fourth-order valence-corrected chi connectivity index (χ4v) is 3.80. The zero-order valence-electron chi connectivity index (χ0n) is 14.7. The molecular formula is C22H25NO2. The molecule has 1 aliphatic rings. The van der Waals surface area contributed by atoms with Crippen LogP contribution in [0.15, 0.2) is 61.4 Å². The second-order valence-corrected chi connectivity index (χ2v) is 6.66. The second kappa shape index (κ2) is 8.02. The standard InChI is InChI=1S/C22H25NO2/c1-3-25-21-10-9-18-13-20(17-7-5-4-6-8-17)14-19(22(18)15-21)11-12-23-16(2)24/h3-10,15,19-20H,1,11-14H2,2H3,(H,23,24). The molecule has 3 rings (SSSR count). The van der Waals surface area contributed by atoms with Crippen LogP contribution in [0.3, 0.4) is 0 Å². The first-order valence-electron chi connectivity index (χ1n) is 8.87. The van der Waals surface area contributed by atoms with Gasteiger partial charge in [0.05, 0.1) is 6.26 Å². The third kappa shape index (κ3) is 4.30. The van der Waals surface area contributed by atoms with E-state index in [1.54, 1.807) is 6.92 Å². The highest BCUT2D eigenvalue weighted by atomic mass is 16.5. The molecule has 130 valence electrons. The van der Waals surface area contributed by atoms with Crippen molar-refractivity contribution in [1.29, 1.82) is 0 Å². The number of amides is 1. The van der Waals surface area contributed by atoms with Gasteiger partial charge >= 0.3 is 0 Å².